The Balaban J connectivity index is 3.41. The smallest absolute Gasteiger partial charge is 0.306 e. The minimum Gasteiger partial charge on any atom is -0.481 e. The second-order valence-corrected chi connectivity index (χ2v) is 3.01. The maximum absolute atomic E-state index is 11.0. The second kappa shape index (κ2) is 7.93. The minimum atomic E-state index is -0.918. The summed E-state index contributed by atoms with van der Waals surface area (Å²) in [5, 5.41) is 8.29. The lowest BCUT2D eigenvalue weighted by atomic mass is 10.2. The molecule has 0 aromatic carbocycles. The van der Waals surface area contributed by atoms with E-state index < -0.39 is 11.9 Å². The van der Waals surface area contributed by atoms with Gasteiger partial charge in [0.1, 0.15) is 6.54 Å². The predicted molar refractivity (Wildman–Crippen MR) is 49.8 cm³/mol. The van der Waals surface area contributed by atoms with E-state index in [-0.39, 0.29) is 38.2 Å². The Morgan fingerprint density at radius 1 is 1.13 bits per heavy atom. The molecule has 0 aliphatic carbocycles. The van der Waals surface area contributed by atoms with Crippen LogP contribution in [0.2, 0.25) is 0 Å². The topological polar surface area (TPSA) is 108 Å². The molecule has 0 atom stereocenters. The fraction of sp³-hybridized carbons (Fsp3) is 0.667. The molecule has 15 heavy (non-hydrogen) atoms. The molecule has 0 radical (unpaired) electrons. The van der Waals surface area contributed by atoms with E-state index >= 15 is 0 Å². The van der Waals surface area contributed by atoms with E-state index in [4.69, 9.17) is 9.84 Å². The Hall–Kier alpha value is -1.43. The number of hydrogen-bond acceptors (Lipinski definition) is 4. The van der Waals surface area contributed by atoms with Crippen LogP contribution < -0.4 is 5.73 Å². The van der Waals surface area contributed by atoms with E-state index in [1.54, 1.807) is 0 Å². The van der Waals surface area contributed by atoms with Crippen molar-refractivity contribution in [2.45, 2.75) is 25.7 Å². The molecule has 0 unspecified atom stereocenters. The zero-order valence-electron chi connectivity index (χ0n) is 8.53. The van der Waals surface area contributed by atoms with Crippen LogP contribution in [-0.2, 0) is 19.1 Å². The number of esters is 1. The van der Waals surface area contributed by atoms with Gasteiger partial charge in [-0.25, -0.2) is 0 Å². The van der Waals surface area contributed by atoms with Crippen LogP contribution in [0.3, 0.4) is 0 Å². The van der Waals surface area contributed by atoms with Gasteiger partial charge in [0.2, 0.25) is 0 Å². The molecular weight excluding hydrogens is 202 g/mol. The number of aliphatic carboxylic acids is 1. The third-order valence-electron chi connectivity index (χ3n) is 1.68. The van der Waals surface area contributed by atoms with E-state index in [9.17, 15) is 14.4 Å². The Kier molecular flexibility index (Phi) is 7.17. The molecule has 0 heterocycles. The number of Topliss-reactive ketones (excluding diaryl/α,β-unsaturated/α-hetero) is 1. The van der Waals surface area contributed by atoms with Gasteiger partial charge in [-0.1, -0.05) is 0 Å². The lowest BCUT2D eigenvalue weighted by Gasteiger charge is -2.02. The molecule has 0 rings (SSSR count). The first-order valence-electron chi connectivity index (χ1n) is 4.74. The maximum atomic E-state index is 11.0. The van der Waals surface area contributed by atoms with Gasteiger partial charge >= 0.3 is 11.9 Å². The third kappa shape index (κ3) is 8.89. The number of carbonyl (C=O) groups is 3. The molecule has 0 bridgehead atoms. The first-order valence-corrected chi connectivity index (χ1v) is 4.74. The van der Waals surface area contributed by atoms with Crippen molar-refractivity contribution in [3.8, 4) is 0 Å². The highest BCUT2D eigenvalue weighted by atomic mass is 16.5. The second-order valence-electron chi connectivity index (χ2n) is 3.01. The van der Waals surface area contributed by atoms with Gasteiger partial charge < -0.3 is 15.6 Å². The van der Waals surface area contributed by atoms with Crippen LogP contribution in [0.5, 0.6) is 0 Å². The van der Waals surface area contributed by atoms with Crippen molar-refractivity contribution in [1.29, 1.82) is 0 Å². The highest BCUT2D eigenvalue weighted by Crippen LogP contribution is 1.96. The van der Waals surface area contributed by atoms with E-state index in [1.807, 2.05) is 0 Å². The number of quaternary nitrogens is 1. The quantitative estimate of drug-likeness (QED) is 0.400. The summed E-state index contributed by atoms with van der Waals surface area (Å²) < 4.78 is 4.71. The van der Waals surface area contributed by atoms with Crippen molar-refractivity contribution >= 4 is 17.7 Å². The van der Waals surface area contributed by atoms with Gasteiger partial charge in [-0.2, -0.15) is 0 Å². The Morgan fingerprint density at radius 3 is 2.33 bits per heavy atom. The summed E-state index contributed by atoms with van der Waals surface area (Å²) in [5.41, 5.74) is 3.39. The number of rotatable bonds is 8. The summed E-state index contributed by atoms with van der Waals surface area (Å²) in [6.07, 6.45) is 0.456. The summed E-state index contributed by atoms with van der Waals surface area (Å²) in [7, 11) is 0. The number of carbonyl (C=O) groups excluding carboxylic acids is 2. The highest BCUT2D eigenvalue weighted by molar-refractivity contribution is 5.83. The van der Waals surface area contributed by atoms with Gasteiger partial charge in [0.15, 0.2) is 5.78 Å². The zero-order valence-corrected chi connectivity index (χ0v) is 8.53. The molecule has 6 nitrogen and oxygen atoms in total. The van der Waals surface area contributed by atoms with Gasteiger partial charge in [0.05, 0.1) is 13.0 Å². The van der Waals surface area contributed by atoms with Crippen LogP contribution in [0.15, 0.2) is 0 Å². The van der Waals surface area contributed by atoms with Crippen molar-refractivity contribution in [2.24, 2.45) is 0 Å². The number of ketones is 1. The molecule has 6 heteroatoms. The Labute approximate surface area is 87.4 Å². The lowest BCUT2D eigenvalue weighted by Crippen LogP contribution is -2.54. The Bertz CT molecular complexity index is 239. The fourth-order valence-corrected chi connectivity index (χ4v) is 0.848. The Morgan fingerprint density at radius 2 is 1.80 bits per heavy atom. The summed E-state index contributed by atoms with van der Waals surface area (Å²) in [4.78, 5) is 31.9. The van der Waals surface area contributed by atoms with Crippen LogP contribution >= 0.6 is 0 Å². The summed E-state index contributed by atoms with van der Waals surface area (Å²) in [6, 6.07) is 0. The van der Waals surface area contributed by atoms with Crippen LogP contribution in [0.25, 0.3) is 0 Å². The van der Waals surface area contributed by atoms with Gasteiger partial charge in [0, 0.05) is 12.8 Å². The molecule has 0 saturated carbocycles. The molecular formula is C9H16NO5+. The molecule has 4 N–H and O–H groups in total. The van der Waals surface area contributed by atoms with Crippen molar-refractivity contribution in [3.05, 3.63) is 0 Å². The van der Waals surface area contributed by atoms with Crippen LogP contribution in [0.1, 0.15) is 25.7 Å². The first kappa shape index (κ1) is 13.6. The molecule has 0 spiro atoms. The monoisotopic (exact) mass is 218 g/mol. The van der Waals surface area contributed by atoms with Crippen molar-refractivity contribution in [3.63, 3.8) is 0 Å². The number of ether oxygens (including phenoxy) is 1. The lowest BCUT2D eigenvalue weighted by molar-refractivity contribution is -0.354. The van der Waals surface area contributed by atoms with Crippen molar-refractivity contribution in [2.75, 3.05) is 13.2 Å². The molecule has 0 aromatic rings. The molecule has 0 fully saturated rings. The van der Waals surface area contributed by atoms with Crippen LogP contribution in [0.4, 0.5) is 0 Å². The van der Waals surface area contributed by atoms with Crippen molar-refractivity contribution < 1.29 is 30.0 Å². The van der Waals surface area contributed by atoms with Crippen molar-refractivity contribution in [1.82, 2.24) is 0 Å². The highest BCUT2D eigenvalue weighted by Gasteiger charge is 2.07. The van der Waals surface area contributed by atoms with Crippen LogP contribution in [0, 0.1) is 0 Å². The number of carboxylic acids is 1. The van der Waals surface area contributed by atoms with E-state index in [0.717, 1.165) is 0 Å². The molecule has 0 aliphatic heterocycles. The molecule has 0 amide bonds. The third-order valence-corrected chi connectivity index (χ3v) is 1.68. The normalized spacial score (nSPS) is 9.67. The predicted octanol–water partition coefficient (Wildman–Crippen LogP) is -1.01. The summed E-state index contributed by atoms with van der Waals surface area (Å²) in [6.45, 7) is 0.260. The maximum Gasteiger partial charge on any atom is 0.306 e. The van der Waals surface area contributed by atoms with Gasteiger partial charge in [-0.05, 0) is 6.42 Å². The molecule has 86 valence electrons. The standard InChI is InChI=1S/C9H15NO5/c10-6-7(11)3-4-9(14)15-5-1-2-8(12)13/h1-6,10H2,(H,12,13)/p+1. The zero-order chi connectivity index (χ0) is 11.7. The fourth-order valence-electron chi connectivity index (χ4n) is 0.848. The van der Waals surface area contributed by atoms with E-state index in [1.165, 1.54) is 0 Å². The van der Waals surface area contributed by atoms with E-state index in [2.05, 4.69) is 5.73 Å². The first-order chi connectivity index (χ1) is 7.06. The van der Waals surface area contributed by atoms with Gasteiger partial charge in [-0.15, -0.1) is 0 Å². The number of hydrogen-bond donors (Lipinski definition) is 2. The number of carboxylic acid groups (broad SMARTS) is 1. The minimum absolute atomic E-state index is 0.0227. The summed E-state index contributed by atoms with van der Waals surface area (Å²) in [5.74, 6) is -1.47. The molecule has 0 saturated heterocycles. The van der Waals surface area contributed by atoms with Gasteiger partial charge in [0.25, 0.3) is 0 Å². The average Bonchev–Trinajstić information content (AvgIpc) is 2.20. The molecule has 0 aromatic heterocycles. The van der Waals surface area contributed by atoms with Gasteiger partial charge in [-0.3, -0.25) is 14.4 Å². The largest absolute Gasteiger partial charge is 0.481 e. The molecule has 0 aliphatic rings. The summed E-state index contributed by atoms with van der Waals surface area (Å²) >= 11 is 0. The van der Waals surface area contributed by atoms with Crippen LogP contribution in [-0.4, -0.2) is 36.0 Å². The average molecular weight is 218 g/mol. The van der Waals surface area contributed by atoms with E-state index in [0.29, 0.717) is 6.42 Å². The SMILES string of the molecule is [NH3+]CC(=O)CCC(=O)OCCCC(=O)O.